The Morgan fingerprint density at radius 2 is 2.04 bits per heavy atom. The molecule has 8 heteroatoms. The van der Waals surface area contributed by atoms with Gasteiger partial charge in [-0.1, -0.05) is 20.8 Å². The Labute approximate surface area is 164 Å². The van der Waals surface area contributed by atoms with Gasteiger partial charge < -0.3 is 25.0 Å². The molecule has 2 saturated heterocycles. The number of nitrogens with zero attached hydrogens (tertiary/aromatic N) is 2. The van der Waals surface area contributed by atoms with Crippen molar-refractivity contribution in [1.82, 2.24) is 10.2 Å². The number of anilines is 1. The fraction of sp³-hybridized carbons (Fsp3) is 0.600. The van der Waals surface area contributed by atoms with Gasteiger partial charge in [-0.05, 0) is 30.0 Å². The smallest absolute Gasteiger partial charge is 0.407 e. The summed E-state index contributed by atoms with van der Waals surface area (Å²) in [5.74, 6) is -0.795. The minimum absolute atomic E-state index is 0.0353. The standard InChI is InChI=1S/C20H28FN3O4/c1-20(2,3)17-11-23(7-8-24(17)19(26)27)16-5-4-13(10-15(16)21)18(25)22-14-6-9-28-12-14/h4-5,10,14,17H,6-9,11-12H2,1-3H3,(H,22,25)(H,26,27). The monoisotopic (exact) mass is 393 g/mol. The zero-order chi connectivity index (χ0) is 20.5. The predicted molar refractivity (Wildman–Crippen MR) is 103 cm³/mol. The molecule has 0 aliphatic carbocycles. The second kappa shape index (κ2) is 7.95. The van der Waals surface area contributed by atoms with Crippen LogP contribution >= 0.6 is 0 Å². The minimum atomic E-state index is -0.956. The van der Waals surface area contributed by atoms with Crippen molar-refractivity contribution in [1.29, 1.82) is 0 Å². The Morgan fingerprint density at radius 3 is 2.61 bits per heavy atom. The third-order valence-corrected chi connectivity index (χ3v) is 5.44. The summed E-state index contributed by atoms with van der Waals surface area (Å²) in [5.41, 5.74) is 0.376. The Kier molecular flexibility index (Phi) is 5.79. The topological polar surface area (TPSA) is 82.1 Å². The largest absolute Gasteiger partial charge is 0.465 e. The van der Waals surface area contributed by atoms with E-state index in [-0.39, 0.29) is 29.0 Å². The van der Waals surface area contributed by atoms with Crippen molar-refractivity contribution >= 4 is 17.7 Å². The van der Waals surface area contributed by atoms with E-state index in [0.717, 1.165) is 6.42 Å². The summed E-state index contributed by atoms with van der Waals surface area (Å²) in [4.78, 5) is 27.2. The summed E-state index contributed by atoms with van der Waals surface area (Å²) < 4.78 is 20.0. The number of hydrogen-bond acceptors (Lipinski definition) is 4. The van der Waals surface area contributed by atoms with Crippen LogP contribution in [-0.2, 0) is 4.74 Å². The maximum atomic E-state index is 14.8. The molecule has 0 bridgehead atoms. The van der Waals surface area contributed by atoms with Crippen molar-refractivity contribution in [3.8, 4) is 0 Å². The van der Waals surface area contributed by atoms with Gasteiger partial charge in [0.1, 0.15) is 5.82 Å². The zero-order valence-corrected chi connectivity index (χ0v) is 16.6. The Hall–Kier alpha value is -2.35. The average Bonchev–Trinajstić information content (AvgIpc) is 3.13. The fourth-order valence-corrected chi connectivity index (χ4v) is 3.79. The van der Waals surface area contributed by atoms with Crippen LogP contribution in [0.3, 0.4) is 0 Å². The fourth-order valence-electron chi connectivity index (χ4n) is 3.79. The van der Waals surface area contributed by atoms with Gasteiger partial charge >= 0.3 is 6.09 Å². The van der Waals surface area contributed by atoms with Crippen molar-refractivity contribution in [2.75, 3.05) is 37.7 Å². The maximum Gasteiger partial charge on any atom is 0.407 e. The highest BCUT2D eigenvalue weighted by Crippen LogP contribution is 2.31. The molecule has 0 saturated carbocycles. The second-order valence-corrected chi connectivity index (χ2v) is 8.50. The molecule has 2 N–H and O–H groups in total. The molecule has 28 heavy (non-hydrogen) atoms. The summed E-state index contributed by atoms with van der Waals surface area (Å²) in [6, 6.07) is 4.16. The van der Waals surface area contributed by atoms with E-state index < -0.39 is 11.9 Å². The first-order chi connectivity index (χ1) is 13.2. The average molecular weight is 393 g/mol. The molecule has 1 aromatic rings. The molecule has 154 valence electrons. The predicted octanol–water partition coefficient (Wildman–Crippen LogP) is 2.56. The minimum Gasteiger partial charge on any atom is -0.465 e. The van der Waals surface area contributed by atoms with E-state index in [1.54, 1.807) is 12.1 Å². The van der Waals surface area contributed by atoms with E-state index in [1.807, 2.05) is 25.7 Å². The molecule has 2 heterocycles. The van der Waals surface area contributed by atoms with E-state index in [9.17, 15) is 19.1 Å². The molecule has 2 aliphatic rings. The Morgan fingerprint density at radius 1 is 1.29 bits per heavy atom. The molecule has 0 aromatic heterocycles. The third-order valence-electron chi connectivity index (χ3n) is 5.44. The van der Waals surface area contributed by atoms with Crippen LogP contribution in [-0.4, -0.2) is 66.9 Å². The number of carboxylic acid groups (broad SMARTS) is 1. The van der Waals surface area contributed by atoms with Gasteiger partial charge in [0.05, 0.1) is 24.4 Å². The number of carbonyl (C=O) groups excluding carboxylic acids is 1. The summed E-state index contributed by atoms with van der Waals surface area (Å²) in [7, 11) is 0. The highest BCUT2D eigenvalue weighted by Gasteiger charge is 2.38. The van der Waals surface area contributed by atoms with Gasteiger partial charge in [0.25, 0.3) is 5.91 Å². The SMILES string of the molecule is CC(C)(C)C1CN(c2ccc(C(=O)NC3CCOC3)cc2F)CCN1C(=O)O. The van der Waals surface area contributed by atoms with Gasteiger partial charge in [-0.2, -0.15) is 0 Å². The number of amides is 2. The van der Waals surface area contributed by atoms with E-state index >= 15 is 0 Å². The van der Waals surface area contributed by atoms with Crippen LogP contribution in [0.5, 0.6) is 0 Å². The van der Waals surface area contributed by atoms with Crippen molar-refractivity contribution in [3.05, 3.63) is 29.6 Å². The molecule has 1 aromatic carbocycles. The van der Waals surface area contributed by atoms with Gasteiger partial charge in [0.2, 0.25) is 0 Å². The molecule has 3 rings (SSSR count). The molecule has 0 spiro atoms. The molecule has 2 aliphatic heterocycles. The lowest BCUT2D eigenvalue weighted by atomic mass is 9.84. The number of piperazine rings is 1. The molecule has 7 nitrogen and oxygen atoms in total. The maximum absolute atomic E-state index is 14.8. The van der Waals surface area contributed by atoms with Crippen molar-refractivity contribution in [2.45, 2.75) is 39.3 Å². The van der Waals surface area contributed by atoms with Crippen LogP contribution in [0, 0.1) is 11.2 Å². The number of carbonyl (C=O) groups is 2. The van der Waals surface area contributed by atoms with Crippen LogP contribution in [0.2, 0.25) is 0 Å². The molecule has 2 amide bonds. The van der Waals surface area contributed by atoms with Gasteiger partial charge in [-0.3, -0.25) is 4.79 Å². The zero-order valence-electron chi connectivity index (χ0n) is 16.6. The lowest BCUT2D eigenvalue weighted by Crippen LogP contribution is -2.59. The lowest BCUT2D eigenvalue weighted by molar-refractivity contribution is 0.0747. The Balaban J connectivity index is 1.74. The number of nitrogens with one attached hydrogen (secondary N) is 1. The number of rotatable bonds is 3. The van der Waals surface area contributed by atoms with Crippen LogP contribution in [0.4, 0.5) is 14.9 Å². The number of hydrogen-bond donors (Lipinski definition) is 2. The highest BCUT2D eigenvalue weighted by atomic mass is 19.1. The van der Waals surface area contributed by atoms with Crippen molar-refractivity contribution < 1.29 is 23.8 Å². The lowest BCUT2D eigenvalue weighted by Gasteiger charge is -2.46. The molecule has 2 fully saturated rings. The third kappa shape index (κ3) is 4.38. The van der Waals surface area contributed by atoms with E-state index in [2.05, 4.69) is 5.32 Å². The molecular formula is C20H28FN3O4. The van der Waals surface area contributed by atoms with E-state index in [4.69, 9.17) is 4.74 Å². The molecule has 2 unspecified atom stereocenters. The normalized spacial score (nSPS) is 23.0. The molecule has 0 radical (unpaired) electrons. The summed E-state index contributed by atoms with van der Waals surface area (Å²) in [5, 5.41) is 12.3. The van der Waals surface area contributed by atoms with Gasteiger partial charge in [0, 0.05) is 31.8 Å². The van der Waals surface area contributed by atoms with Crippen molar-refractivity contribution in [2.24, 2.45) is 5.41 Å². The van der Waals surface area contributed by atoms with Gasteiger partial charge in [-0.15, -0.1) is 0 Å². The summed E-state index contributed by atoms with van der Waals surface area (Å²) >= 11 is 0. The van der Waals surface area contributed by atoms with E-state index in [0.29, 0.717) is 38.5 Å². The van der Waals surface area contributed by atoms with Crippen LogP contribution in [0.15, 0.2) is 18.2 Å². The first-order valence-corrected chi connectivity index (χ1v) is 9.59. The van der Waals surface area contributed by atoms with Gasteiger partial charge in [0.15, 0.2) is 0 Å². The highest BCUT2D eigenvalue weighted by molar-refractivity contribution is 5.94. The van der Waals surface area contributed by atoms with Gasteiger partial charge in [-0.25, -0.2) is 9.18 Å². The first kappa shape index (κ1) is 20.4. The summed E-state index contributed by atoms with van der Waals surface area (Å²) in [6.45, 7) is 8.15. The van der Waals surface area contributed by atoms with E-state index in [1.165, 1.54) is 11.0 Å². The quantitative estimate of drug-likeness (QED) is 0.825. The van der Waals surface area contributed by atoms with Crippen LogP contribution < -0.4 is 10.2 Å². The second-order valence-electron chi connectivity index (χ2n) is 8.50. The number of benzene rings is 1. The Bertz CT molecular complexity index is 743. The summed E-state index contributed by atoms with van der Waals surface area (Å²) in [6.07, 6.45) is -0.197. The number of halogens is 1. The molecule has 2 atom stereocenters. The number of ether oxygens (including phenoxy) is 1. The van der Waals surface area contributed by atoms with Crippen LogP contribution in [0.25, 0.3) is 0 Å². The van der Waals surface area contributed by atoms with Crippen LogP contribution in [0.1, 0.15) is 37.6 Å². The molecular weight excluding hydrogens is 365 g/mol. The van der Waals surface area contributed by atoms with Crippen molar-refractivity contribution in [3.63, 3.8) is 0 Å². The first-order valence-electron chi connectivity index (χ1n) is 9.59.